The van der Waals surface area contributed by atoms with Crippen molar-refractivity contribution in [3.8, 4) is 5.75 Å². The van der Waals surface area contributed by atoms with Crippen LogP contribution in [0.25, 0.3) is 10.8 Å². The zero-order chi connectivity index (χ0) is 15.6. The topological polar surface area (TPSA) is 55.8 Å². The number of benzene rings is 2. The molecule has 0 N–H and O–H groups in total. The second kappa shape index (κ2) is 5.83. The molecule has 2 aromatic carbocycles. The van der Waals surface area contributed by atoms with Crippen LogP contribution in [-0.4, -0.2) is 33.1 Å². The zero-order valence-corrected chi connectivity index (χ0v) is 12.5. The molecule has 0 saturated heterocycles. The van der Waals surface area contributed by atoms with Gasteiger partial charge in [-0.05, 0) is 29.7 Å². The van der Waals surface area contributed by atoms with Crippen LogP contribution in [0.4, 0.5) is 5.69 Å². The minimum atomic E-state index is -0.470. The van der Waals surface area contributed by atoms with Crippen LogP contribution in [0, 0.1) is 0 Å². The highest BCUT2D eigenvalue weighted by atomic mass is 16.5. The highest BCUT2D eigenvalue weighted by molar-refractivity contribution is 6.00. The summed E-state index contributed by atoms with van der Waals surface area (Å²) in [5, 5.41) is 1.57. The van der Waals surface area contributed by atoms with Crippen molar-refractivity contribution < 1.29 is 19.1 Å². The van der Waals surface area contributed by atoms with Crippen molar-refractivity contribution in [2.24, 2.45) is 0 Å². The number of methoxy groups -OCH3 is 1. The van der Waals surface area contributed by atoms with Crippen molar-refractivity contribution in [3.63, 3.8) is 0 Å². The van der Waals surface area contributed by atoms with Gasteiger partial charge < -0.3 is 14.4 Å². The Bertz CT molecular complexity index is 707. The van der Waals surface area contributed by atoms with Crippen LogP contribution in [-0.2, 0) is 9.53 Å². The molecule has 5 heteroatoms. The second-order valence-corrected chi connectivity index (χ2v) is 4.86. The van der Waals surface area contributed by atoms with Crippen molar-refractivity contribution in [3.05, 3.63) is 35.9 Å². The van der Waals surface area contributed by atoms with E-state index >= 15 is 0 Å². The van der Waals surface area contributed by atoms with Gasteiger partial charge in [0, 0.05) is 32.1 Å². The van der Waals surface area contributed by atoms with E-state index < -0.39 is 11.9 Å². The maximum atomic E-state index is 11.7. The average molecular weight is 287 g/mol. The average Bonchev–Trinajstić information content (AvgIpc) is 2.45. The van der Waals surface area contributed by atoms with E-state index in [0.717, 1.165) is 16.5 Å². The van der Waals surface area contributed by atoms with E-state index in [1.807, 2.05) is 37.2 Å². The SMILES string of the molecule is COC(=O)c1cc(OC(C)=O)c2cc(N(C)C)ccc2c1. The maximum Gasteiger partial charge on any atom is 0.338 e. The summed E-state index contributed by atoms with van der Waals surface area (Å²) in [6, 6.07) is 8.96. The fraction of sp³-hybridized carbons (Fsp3) is 0.250. The monoisotopic (exact) mass is 287 g/mol. The molecule has 0 amide bonds. The Morgan fingerprint density at radius 3 is 2.38 bits per heavy atom. The van der Waals surface area contributed by atoms with Gasteiger partial charge in [-0.1, -0.05) is 6.07 Å². The van der Waals surface area contributed by atoms with Crippen molar-refractivity contribution in [1.82, 2.24) is 0 Å². The van der Waals surface area contributed by atoms with Crippen LogP contribution >= 0.6 is 0 Å². The Kier molecular flexibility index (Phi) is 4.12. The Hall–Kier alpha value is -2.56. The summed E-state index contributed by atoms with van der Waals surface area (Å²) in [7, 11) is 5.16. The van der Waals surface area contributed by atoms with Crippen LogP contribution in [0.2, 0.25) is 0 Å². The fourth-order valence-electron chi connectivity index (χ4n) is 2.06. The number of fused-ring (bicyclic) bond motifs is 1. The Labute approximate surface area is 123 Å². The quantitative estimate of drug-likeness (QED) is 0.641. The molecule has 0 aliphatic rings. The van der Waals surface area contributed by atoms with Gasteiger partial charge in [-0.15, -0.1) is 0 Å². The Morgan fingerprint density at radius 2 is 1.81 bits per heavy atom. The van der Waals surface area contributed by atoms with E-state index in [1.165, 1.54) is 20.1 Å². The van der Waals surface area contributed by atoms with Gasteiger partial charge in [0.2, 0.25) is 0 Å². The van der Waals surface area contributed by atoms with E-state index in [2.05, 4.69) is 0 Å². The van der Waals surface area contributed by atoms with E-state index in [-0.39, 0.29) is 0 Å². The largest absolute Gasteiger partial charge is 0.465 e. The van der Waals surface area contributed by atoms with Crippen LogP contribution in [0.1, 0.15) is 17.3 Å². The van der Waals surface area contributed by atoms with Gasteiger partial charge in [-0.2, -0.15) is 0 Å². The number of hydrogen-bond donors (Lipinski definition) is 0. The third-order valence-corrected chi connectivity index (χ3v) is 3.09. The van der Waals surface area contributed by atoms with Crippen LogP contribution in [0.15, 0.2) is 30.3 Å². The van der Waals surface area contributed by atoms with E-state index in [0.29, 0.717) is 11.3 Å². The molecule has 0 spiro atoms. The number of nitrogens with zero attached hydrogens (tertiary/aromatic N) is 1. The van der Waals surface area contributed by atoms with Crippen molar-refractivity contribution >= 4 is 28.4 Å². The van der Waals surface area contributed by atoms with Gasteiger partial charge in [0.1, 0.15) is 5.75 Å². The molecule has 0 saturated carbocycles. The van der Waals surface area contributed by atoms with Crippen molar-refractivity contribution in [1.29, 1.82) is 0 Å². The van der Waals surface area contributed by atoms with Gasteiger partial charge in [0.15, 0.2) is 0 Å². The van der Waals surface area contributed by atoms with E-state index in [9.17, 15) is 9.59 Å². The highest BCUT2D eigenvalue weighted by Crippen LogP contribution is 2.31. The number of carbonyl (C=O) groups is 2. The second-order valence-electron chi connectivity index (χ2n) is 4.86. The molecule has 21 heavy (non-hydrogen) atoms. The molecule has 0 fully saturated rings. The molecule has 0 bridgehead atoms. The highest BCUT2D eigenvalue weighted by Gasteiger charge is 2.13. The third kappa shape index (κ3) is 3.13. The van der Waals surface area contributed by atoms with Gasteiger partial charge in [0.05, 0.1) is 12.7 Å². The van der Waals surface area contributed by atoms with Crippen LogP contribution in [0.3, 0.4) is 0 Å². The molecular weight excluding hydrogens is 270 g/mol. The number of rotatable bonds is 3. The molecule has 110 valence electrons. The van der Waals surface area contributed by atoms with Gasteiger partial charge in [-0.25, -0.2) is 4.79 Å². The molecule has 0 aliphatic heterocycles. The molecule has 5 nitrogen and oxygen atoms in total. The van der Waals surface area contributed by atoms with Crippen LogP contribution < -0.4 is 9.64 Å². The van der Waals surface area contributed by atoms with Gasteiger partial charge >= 0.3 is 11.9 Å². The lowest BCUT2D eigenvalue weighted by Crippen LogP contribution is -2.09. The molecule has 2 aromatic rings. The minimum absolute atomic E-state index is 0.346. The van der Waals surface area contributed by atoms with Gasteiger partial charge in [-0.3, -0.25) is 4.79 Å². The molecule has 2 rings (SSSR count). The predicted molar refractivity (Wildman–Crippen MR) is 80.9 cm³/mol. The smallest absolute Gasteiger partial charge is 0.338 e. The summed E-state index contributed by atoms with van der Waals surface area (Å²) in [4.78, 5) is 24.9. The lowest BCUT2D eigenvalue weighted by Gasteiger charge is -2.15. The lowest BCUT2D eigenvalue weighted by atomic mass is 10.0. The van der Waals surface area contributed by atoms with Gasteiger partial charge in [0.25, 0.3) is 0 Å². The number of carbonyl (C=O) groups excluding carboxylic acids is 2. The molecule has 0 heterocycles. The Morgan fingerprint density at radius 1 is 1.10 bits per heavy atom. The first-order valence-corrected chi connectivity index (χ1v) is 6.44. The summed E-state index contributed by atoms with van der Waals surface area (Å²) in [6.45, 7) is 1.33. The summed E-state index contributed by atoms with van der Waals surface area (Å²) in [5.74, 6) is -0.556. The zero-order valence-electron chi connectivity index (χ0n) is 12.5. The molecular formula is C16H17NO4. The fourth-order valence-corrected chi connectivity index (χ4v) is 2.06. The third-order valence-electron chi connectivity index (χ3n) is 3.09. The summed E-state index contributed by atoms with van der Waals surface area (Å²) in [5.41, 5.74) is 1.32. The molecule has 0 aromatic heterocycles. The molecule has 0 unspecified atom stereocenters. The first kappa shape index (κ1) is 14.8. The predicted octanol–water partition coefficient (Wildman–Crippen LogP) is 2.62. The van der Waals surface area contributed by atoms with Crippen LogP contribution in [0.5, 0.6) is 5.75 Å². The number of hydrogen-bond acceptors (Lipinski definition) is 5. The maximum absolute atomic E-state index is 11.7. The molecule has 0 aliphatic carbocycles. The lowest BCUT2D eigenvalue weighted by molar-refractivity contribution is -0.131. The molecule has 0 radical (unpaired) electrons. The van der Waals surface area contributed by atoms with Crippen molar-refractivity contribution in [2.45, 2.75) is 6.92 Å². The summed E-state index contributed by atoms with van der Waals surface area (Å²) in [6.07, 6.45) is 0. The number of ether oxygens (including phenoxy) is 2. The number of esters is 2. The normalized spacial score (nSPS) is 10.3. The first-order chi connectivity index (χ1) is 9.92. The molecule has 0 atom stereocenters. The number of anilines is 1. The minimum Gasteiger partial charge on any atom is -0.465 e. The first-order valence-electron chi connectivity index (χ1n) is 6.44. The van der Waals surface area contributed by atoms with Crippen molar-refractivity contribution in [2.75, 3.05) is 26.1 Å². The van der Waals surface area contributed by atoms with E-state index in [4.69, 9.17) is 9.47 Å². The summed E-state index contributed by atoms with van der Waals surface area (Å²) < 4.78 is 9.95. The Balaban J connectivity index is 2.68. The summed E-state index contributed by atoms with van der Waals surface area (Å²) >= 11 is 0. The van der Waals surface area contributed by atoms with E-state index in [1.54, 1.807) is 6.07 Å². The standard InChI is InChI=1S/C16H17NO4/c1-10(18)21-15-8-12(16(19)20-4)7-11-5-6-13(17(2)3)9-14(11)15/h5-9H,1-4H3.